The van der Waals surface area contributed by atoms with Gasteiger partial charge < -0.3 is 0 Å². The molecule has 0 aromatic heterocycles. The van der Waals surface area contributed by atoms with Crippen molar-refractivity contribution in [1.82, 2.24) is 0 Å². The van der Waals surface area contributed by atoms with Crippen LogP contribution in [0.3, 0.4) is 0 Å². The molecule has 3 aliphatic carbocycles. The number of fused-ring (bicyclic) bond motifs is 8. The van der Waals surface area contributed by atoms with Gasteiger partial charge in [0.05, 0.1) is 0 Å². The first-order valence-corrected chi connectivity index (χ1v) is 16.0. The van der Waals surface area contributed by atoms with E-state index in [4.69, 9.17) is 0 Å². The van der Waals surface area contributed by atoms with E-state index >= 15 is 0 Å². The zero-order valence-corrected chi connectivity index (χ0v) is 25.1. The maximum Gasteiger partial charge on any atom is 0.0204 e. The standard InChI is InChI=1S/C42H36/c1-5-41(6-2)35-21-31-27-17-9-13-25-15-11-19-29(39(25)27)33(31)23-37(35)42(7-3,8-4)38-24-34-30-20-12-16-26-14-10-18-28(40(26)30)32(34)22-36(38)41/h9-24H,5-8H2,1-4H3. The molecule has 0 saturated carbocycles. The summed E-state index contributed by atoms with van der Waals surface area (Å²) in [6.45, 7) is 9.70. The van der Waals surface area contributed by atoms with Gasteiger partial charge in [0.2, 0.25) is 0 Å². The Morgan fingerprint density at radius 3 is 0.857 bits per heavy atom. The van der Waals surface area contributed by atoms with Gasteiger partial charge in [0.25, 0.3) is 0 Å². The van der Waals surface area contributed by atoms with Crippen LogP contribution in [0.5, 0.6) is 0 Å². The summed E-state index contributed by atoms with van der Waals surface area (Å²) in [4.78, 5) is 0. The highest BCUT2D eigenvalue weighted by molar-refractivity contribution is 6.17. The molecule has 0 spiro atoms. The molecular formula is C42H36. The van der Waals surface area contributed by atoms with Crippen LogP contribution < -0.4 is 0 Å². The minimum Gasteiger partial charge on any atom is -0.0642 e. The molecule has 0 atom stereocenters. The summed E-state index contributed by atoms with van der Waals surface area (Å²) in [7, 11) is 0. The van der Waals surface area contributed by atoms with Crippen molar-refractivity contribution in [2.45, 2.75) is 64.2 Å². The van der Waals surface area contributed by atoms with E-state index in [1.807, 2.05) is 0 Å². The first-order valence-electron chi connectivity index (χ1n) is 16.0. The van der Waals surface area contributed by atoms with Crippen molar-refractivity contribution in [3.63, 3.8) is 0 Å². The van der Waals surface area contributed by atoms with Gasteiger partial charge in [0, 0.05) is 10.8 Å². The number of hydrogen-bond acceptors (Lipinski definition) is 0. The van der Waals surface area contributed by atoms with E-state index in [-0.39, 0.29) is 10.8 Å². The average Bonchev–Trinajstić information content (AvgIpc) is 3.53. The largest absolute Gasteiger partial charge is 0.0642 e. The first kappa shape index (κ1) is 24.4. The molecule has 0 aliphatic heterocycles. The zero-order valence-electron chi connectivity index (χ0n) is 25.1. The molecule has 0 heterocycles. The fraction of sp³-hybridized carbons (Fsp3) is 0.238. The number of hydrogen-bond donors (Lipinski definition) is 0. The Bertz CT molecular complexity index is 1840. The Balaban J connectivity index is 1.41. The molecule has 3 aliphatic rings. The Morgan fingerprint density at radius 2 is 0.619 bits per heavy atom. The molecule has 0 N–H and O–H groups in total. The normalized spacial score (nSPS) is 15.9. The summed E-state index contributed by atoms with van der Waals surface area (Å²) in [6.07, 6.45) is 4.38. The summed E-state index contributed by atoms with van der Waals surface area (Å²) in [5.41, 5.74) is 17.6. The summed E-state index contributed by atoms with van der Waals surface area (Å²) in [6, 6.07) is 38.0. The molecular weight excluding hydrogens is 504 g/mol. The molecule has 6 aromatic carbocycles. The van der Waals surface area contributed by atoms with Gasteiger partial charge in [-0.15, -0.1) is 0 Å². The van der Waals surface area contributed by atoms with E-state index in [1.165, 1.54) is 66.1 Å². The molecule has 0 heteroatoms. The van der Waals surface area contributed by atoms with Crippen molar-refractivity contribution in [1.29, 1.82) is 0 Å². The summed E-state index contributed by atoms with van der Waals surface area (Å²) in [5, 5.41) is 5.55. The van der Waals surface area contributed by atoms with Crippen molar-refractivity contribution in [3.05, 3.63) is 119 Å². The highest BCUT2D eigenvalue weighted by atomic mass is 14.5. The topological polar surface area (TPSA) is 0 Å². The lowest BCUT2D eigenvalue weighted by Gasteiger charge is -2.50. The summed E-state index contributed by atoms with van der Waals surface area (Å²) in [5.74, 6) is 0. The highest BCUT2D eigenvalue weighted by Crippen LogP contribution is 2.61. The molecule has 42 heavy (non-hydrogen) atoms. The maximum absolute atomic E-state index is 2.64. The van der Waals surface area contributed by atoms with Crippen LogP contribution in [0.2, 0.25) is 0 Å². The lowest BCUT2D eigenvalue weighted by atomic mass is 9.53. The second kappa shape index (κ2) is 8.23. The molecule has 0 saturated heterocycles. The van der Waals surface area contributed by atoms with Gasteiger partial charge in [-0.25, -0.2) is 0 Å². The molecule has 0 unspecified atom stereocenters. The number of benzene rings is 6. The van der Waals surface area contributed by atoms with E-state index in [0.717, 1.165) is 25.7 Å². The van der Waals surface area contributed by atoms with Crippen molar-refractivity contribution in [3.8, 4) is 44.5 Å². The van der Waals surface area contributed by atoms with Gasteiger partial charge in [-0.05, 0) is 138 Å². The molecule has 0 amide bonds. The molecule has 0 radical (unpaired) electrons. The van der Waals surface area contributed by atoms with Gasteiger partial charge >= 0.3 is 0 Å². The molecule has 0 fully saturated rings. The Morgan fingerprint density at radius 1 is 0.357 bits per heavy atom. The molecule has 0 bridgehead atoms. The Kier molecular flexibility index (Phi) is 4.79. The predicted molar refractivity (Wildman–Crippen MR) is 179 cm³/mol. The van der Waals surface area contributed by atoms with Crippen LogP contribution in [0.1, 0.15) is 75.6 Å². The zero-order chi connectivity index (χ0) is 28.4. The van der Waals surface area contributed by atoms with Gasteiger partial charge in [-0.3, -0.25) is 0 Å². The summed E-state index contributed by atoms with van der Waals surface area (Å²) >= 11 is 0. The Labute approximate surface area is 249 Å². The van der Waals surface area contributed by atoms with Crippen molar-refractivity contribution in [2.75, 3.05) is 0 Å². The molecule has 0 nitrogen and oxygen atoms in total. The van der Waals surface area contributed by atoms with Gasteiger partial charge in [-0.1, -0.05) is 100 Å². The monoisotopic (exact) mass is 540 g/mol. The predicted octanol–water partition coefficient (Wildman–Crippen LogP) is 11.8. The fourth-order valence-corrected chi connectivity index (χ4v) is 9.57. The smallest absolute Gasteiger partial charge is 0.0204 e. The minimum atomic E-state index is -0.0199. The van der Waals surface area contributed by atoms with Crippen molar-refractivity contribution < 1.29 is 0 Å². The van der Waals surface area contributed by atoms with Crippen molar-refractivity contribution >= 4 is 21.5 Å². The van der Waals surface area contributed by atoms with Gasteiger partial charge in [0.1, 0.15) is 0 Å². The lowest BCUT2D eigenvalue weighted by molar-refractivity contribution is 0.388. The van der Waals surface area contributed by atoms with Crippen LogP contribution in [0, 0.1) is 0 Å². The molecule has 204 valence electrons. The fourth-order valence-electron chi connectivity index (χ4n) is 9.57. The SMILES string of the molecule is CCC1(CC)c2cc3c(cc2C(CC)(CC)c2cc4c(cc21)-c1cccc2cccc-4c12)-c1cccc2cccc-3c12. The second-order valence-electron chi connectivity index (χ2n) is 12.9. The first-order chi connectivity index (χ1) is 20.6. The van der Waals surface area contributed by atoms with E-state index < -0.39 is 0 Å². The van der Waals surface area contributed by atoms with Crippen LogP contribution in [0.15, 0.2) is 97.1 Å². The second-order valence-corrected chi connectivity index (χ2v) is 12.9. The third-order valence-electron chi connectivity index (χ3n) is 11.8. The van der Waals surface area contributed by atoms with E-state index in [0.29, 0.717) is 0 Å². The van der Waals surface area contributed by atoms with E-state index in [1.54, 1.807) is 22.3 Å². The Hall–Kier alpha value is -4.16. The van der Waals surface area contributed by atoms with Crippen LogP contribution in [-0.2, 0) is 10.8 Å². The van der Waals surface area contributed by atoms with E-state index in [2.05, 4.69) is 125 Å². The minimum absolute atomic E-state index is 0.0199. The van der Waals surface area contributed by atoms with Crippen LogP contribution in [0.25, 0.3) is 66.1 Å². The third kappa shape index (κ3) is 2.66. The van der Waals surface area contributed by atoms with Crippen LogP contribution in [0.4, 0.5) is 0 Å². The van der Waals surface area contributed by atoms with Gasteiger partial charge in [0.15, 0.2) is 0 Å². The lowest BCUT2D eigenvalue weighted by Crippen LogP contribution is -2.42. The molecule has 9 rings (SSSR count). The average molecular weight is 541 g/mol. The maximum atomic E-state index is 2.64. The van der Waals surface area contributed by atoms with Crippen molar-refractivity contribution in [2.24, 2.45) is 0 Å². The molecule has 6 aromatic rings. The van der Waals surface area contributed by atoms with Crippen LogP contribution in [-0.4, -0.2) is 0 Å². The highest BCUT2D eigenvalue weighted by Gasteiger charge is 2.49. The van der Waals surface area contributed by atoms with E-state index in [9.17, 15) is 0 Å². The van der Waals surface area contributed by atoms with Gasteiger partial charge in [-0.2, -0.15) is 0 Å². The quantitative estimate of drug-likeness (QED) is 0.208. The summed E-state index contributed by atoms with van der Waals surface area (Å²) < 4.78 is 0. The third-order valence-corrected chi connectivity index (χ3v) is 11.8. The number of rotatable bonds is 4. The van der Waals surface area contributed by atoms with Crippen LogP contribution >= 0.6 is 0 Å².